The van der Waals surface area contributed by atoms with Crippen molar-refractivity contribution in [2.75, 3.05) is 6.61 Å². The van der Waals surface area contributed by atoms with Crippen molar-refractivity contribution in [3.8, 4) is 5.88 Å². The van der Waals surface area contributed by atoms with Crippen LogP contribution in [0.1, 0.15) is 24.2 Å². The van der Waals surface area contributed by atoms with Gasteiger partial charge >= 0.3 is 0 Å². The summed E-state index contributed by atoms with van der Waals surface area (Å²) in [6, 6.07) is 3.40. The van der Waals surface area contributed by atoms with Gasteiger partial charge in [0.25, 0.3) is 5.91 Å². The lowest BCUT2D eigenvalue weighted by Gasteiger charge is -2.15. The van der Waals surface area contributed by atoms with Gasteiger partial charge in [0, 0.05) is 31.2 Å². The normalized spacial score (nSPS) is 11.9. The van der Waals surface area contributed by atoms with Gasteiger partial charge in [-0.3, -0.25) is 4.79 Å². The Morgan fingerprint density at radius 3 is 3.05 bits per heavy atom. The quantitative estimate of drug-likeness (QED) is 0.866. The van der Waals surface area contributed by atoms with Gasteiger partial charge in [0.2, 0.25) is 5.88 Å². The predicted molar refractivity (Wildman–Crippen MR) is 74.6 cm³/mol. The highest BCUT2D eigenvalue weighted by atomic mass is 16.5. The summed E-state index contributed by atoms with van der Waals surface area (Å²) in [5.74, 6) is 0.177. The first kappa shape index (κ1) is 14.0. The molecule has 1 atom stereocenters. The lowest BCUT2D eigenvalue weighted by molar-refractivity contribution is 0.0932. The van der Waals surface area contributed by atoms with Crippen molar-refractivity contribution in [3.63, 3.8) is 0 Å². The summed E-state index contributed by atoms with van der Waals surface area (Å²) in [6.07, 6.45) is 6.90. The minimum absolute atomic E-state index is 0.0219. The first-order valence-electron chi connectivity index (χ1n) is 6.55. The monoisotopic (exact) mass is 274 g/mol. The Labute approximate surface area is 117 Å². The maximum Gasteiger partial charge on any atom is 0.257 e. The molecule has 2 heterocycles. The van der Waals surface area contributed by atoms with Gasteiger partial charge in [-0.1, -0.05) is 0 Å². The number of aromatic nitrogens is 3. The molecule has 2 aromatic heterocycles. The van der Waals surface area contributed by atoms with Gasteiger partial charge in [0.15, 0.2) is 0 Å². The maximum absolute atomic E-state index is 12.2. The van der Waals surface area contributed by atoms with Crippen LogP contribution in [0.25, 0.3) is 0 Å². The maximum atomic E-state index is 12.2. The molecule has 0 bridgehead atoms. The molecule has 0 saturated heterocycles. The summed E-state index contributed by atoms with van der Waals surface area (Å²) in [5.41, 5.74) is 0.451. The second-order valence-corrected chi connectivity index (χ2v) is 4.42. The van der Waals surface area contributed by atoms with Gasteiger partial charge in [0.1, 0.15) is 5.56 Å². The number of carbonyl (C=O) groups excluding carboxylic acids is 1. The zero-order chi connectivity index (χ0) is 14.4. The van der Waals surface area contributed by atoms with Crippen LogP contribution in [-0.4, -0.2) is 33.1 Å². The van der Waals surface area contributed by atoms with Crippen LogP contribution in [0.4, 0.5) is 0 Å². The van der Waals surface area contributed by atoms with Crippen LogP contribution >= 0.6 is 0 Å². The Bertz CT molecular complexity index is 554. The number of pyridine rings is 1. The molecule has 6 nitrogen and oxygen atoms in total. The number of hydrogen-bond donors (Lipinski definition) is 1. The van der Waals surface area contributed by atoms with Crippen LogP contribution in [0.5, 0.6) is 5.88 Å². The Hall–Kier alpha value is -2.37. The van der Waals surface area contributed by atoms with Gasteiger partial charge in [-0.05, 0) is 26.0 Å². The molecule has 106 valence electrons. The zero-order valence-corrected chi connectivity index (χ0v) is 11.6. The van der Waals surface area contributed by atoms with Gasteiger partial charge in [0.05, 0.1) is 12.9 Å². The van der Waals surface area contributed by atoms with E-state index in [9.17, 15) is 4.79 Å². The molecular weight excluding hydrogens is 256 g/mol. The van der Waals surface area contributed by atoms with E-state index in [-0.39, 0.29) is 11.9 Å². The SMILES string of the molecule is CCOc1ncccc1C(=O)N[C@H](C)Cn1ccnc1. The van der Waals surface area contributed by atoms with Gasteiger partial charge in [-0.15, -0.1) is 0 Å². The van der Waals surface area contributed by atoms with Crippen molar-refractivity contribution >= 4 is 5.91 Å². The third-order valence-electron chi connectivity index (χ3n) is 2.72. The van der Waals surface area contributed by atoms with Gasteiger partial charge < -0.3 is 14.6 Å². The van der Waals surface area contributed by atoms with E-state index in [0.29, 0.717) is 24.6 Å². The Balaban J connectivity index is 2.00. The number of hydrogen-bond acceptors (Lipinski definition) is 4. The average Bonchev–Trinajstić information content (AvgIpc) is 2.92. The number of ether oxygens (including phenoxy) is 1. The van der Waals surface area contributed by atoms with Crippen LogP contribution < -0.4 is 10.1 Å². The summed E-state index contributed by atoms with van der Waals surface area (Å²) < 4.78 is 7.27. The third-order valence-corrected chi connectivity index (χ3v) is 2.72. The van der Waals surface area contributed by atoms with Crippen LogP contribution in [0.15, 0.2) is 37.1 Å². The second kappa shape index (κ2) is 6.70. The summed E-state index contributed by atoms with van der Waals surface area (Å²) in [4.78, 5) is 20.3. The molecule has 0 aliphatic rings. The van der Waals surface area contributed by atoms with Crippen LogP contribution in [0.2, 0.25) is 0 Å². The van der Waals surface area contributed by atoms with Crippen LogP contribution in [-0.2, 0) is 6.54 Å². The van der Waals surface area contributed by atoms with Crippen molar-refractivity contribution in [2.45, 2.75) is 26.4 Å². The smallest absolute Gasteiger partial charge is 0.257 e. The first-order chi connectivity index (χ1) is 9.70. The fourth-order valence-electron chi connectivity index (χ4n) is 1.87. The predicted octanol–water partition coefficient (Wildman–Crippen LogP) is 1.50. The molecule has 0 aliphatic heterocycles. The Kier molecular flexibility index (Phi) is 4.70. The fraction of sp³-hybridized carbons (Fsp3) is 0.357. The van der Waals surface area contributed by atoms with Gasteiger partial charge in [-0.2, -0.15) is 0 Å². The number of nitrogens with zero attached hydrogens (tertiary/aromatic N) is 3. The Morgan fingerprint density at radius 2 is 2.35 bits per heavy atom. The molecule has 0 radical (unpaired) electrons. The molecule has 1 amide bonds. The van der Waals surface area contributed by atoms with Crippen molar-refractivity contribution in [2.24, 2.45) is 0 Å². The molecule has 6 heteroatoms. The standard InChI is InChI=1S/C14H18N4O2/c1-3-20-14-12(5-4-6-16-14)13(19)17-11(2)9-18-8-7-15-10-18/h4-8,10-11H,3,9H2,1-2H3,(H,17,19)/t11-/m1/s1. The highest BCUT2D eigenvalue weighted by molar-refractivity contribution is 5.96. The van der Waals surface area contributed by atoms with Crippen molar-refractivity contribution in [3.05, 3.63) is 42.6 Å². The molecule has 0 aliphatic carbocycles. The summed E-state index contributed by atoms with van der Waals surface area (Å²) >= 11 is 0. The average molecular weight is 274 g/mol. The molecular formula is C14H18N4O2. The molecule has 0 aromatic carbocycles. The van der Waals surface area contributed by atoms with Gasteiger partial charge in [-0.25, -0.2) is 9.97 Å². The van der Waals surface area contributed by atoms with E-state index >= 15 is 0 Å². The lowest BCUT2D eigenvalue weighted by Crippen LogP contribution is -2.35. The fourth-order valence-corrected chi connectivity index (χ4v) is 1.87. The number of nitrogens with one attached hydrogen (secondary N) is 1. The molecule has 2 aromatic rings. The van der Waals surface area contributed by atoms with E-state index in [0.717, 1.165) is 0 Å². The van der Waals surface area contributed by atoms with Crippen molar-refractivity contribution in [1.82, 2.24) is 19.9 Å². The highest BCUT2D eigenvalue weighted by Crippen LogP contribution is 2.14. The van der Waals surface area contributed by atoms with E-state index in [4.69, 9.17) is 4.74 Å². The lowest BCUT2D eigenvalue weighted by atomic mass is 10.2. The first-order valence-corrected chi connectivity index (χ1v) is 6.55. The molecule has 1 N–H and O–H groups in total. The topological polar surface area (TPSA) is 69.0 Å². The highest BCUT2D eigenvalue weighted by Gasteiger charge is 2.15. The Morgan fingerprint density at radius 1 is 1.50 bits per heavy atom. The molecule has 0 fully saturated rings. The molecule has 2 rings (SSSR count). The summed E-state index contributed by atoms with van der Waals surface area (Å²) in [5, 5.41) is 2.93. The molecule has 0 spiro atoms. The minimum atomic E-state index is -0.186. The van der Waals surface area contributed by atoms with Crippen LogP contribution in [0.3, 0.4) is 0 Å². The number of amides is 1. The second-order valence-electron chi connectivity index (χ2n) is 4.42. The summed E-state index contributed by atoms with van der Waals surface area (Å²) in [6.45, 7) is 4.94. The number of rotatable bonds is 6. The van der Waals surface area contributed by atoms with E-state index in [2.05, 4.69) is 15.3 Å². The van der Waals surface area contributed by atoms with E-state index in [1.807, 2.05) is 24.6 Å². The number of carbonyl (C=O) groups is 1. The number of imidazole rings is 1. The third kappa shape index (κ3) is 3.57. The largest absolute Gasteiger partial charge is 0.477 e. The van der Waals surface area contributed by atoms with E-state index < -0.39 is 0 Å². The minimum Gasteiger partial charge on any atom is -0.477 e. The molecule has 0 saturated carbocycles. The zero-order valence-electron chi connectivity index (χ0n) is 11.6. The summed E-state index contributed by atoms with van der Waals surface area (Å²) in [7, 11) is 0. The van der Waals surface area contributed by atoms with Crippen molar-refractivity contribution in [1.29, 1.82) is 0 Å². The van der Waals surface area contributed by atoms with Crippen molar-refractivity contribution < 1.29 is 9.53 Å². The van der Waals surface area contributed by atoms with E-state index in [1.165, 1.54) is 0 Å². The van der Waals surface area contributed by atoms with Crippen LogP contribution in [0, 0.1) is 0 Å². The molecule has 20 heavy (non-hydrogen) atoms. The molecule has 0 unspecified atom stereocenters. The van der Waals surface area contributed by atoms with E-state index in [1.54, 1.807) is 30.9 Å².